The van der Waals surface area contributed by atoms with E-state index in [-0.39, 0.29) is 18.7 Å². The third-order valence-electron chi connectivity index (χ3n) is 8.52. The molecular formula is C37H62O14. The highest BCUT2D eigenvalue weighted by molar-refractivity contribution is 5.91. The van der Waals surface area contributed by atoms with Crippen LogP contribution < -0.4 is 0 Å². The molecule has 14 heteroatoms. The largest absolute Gasteiger partial charge is 0.469 e. The first-order valence-electron chi connectivity index (χ1n) is 18.5. The zero-order chi connectivity index (χ0) is 38.0. The molecule has 0 aliphatic carbocycles. The Morgan fingerprint density at radius 2 is 1.08 bits per heavy atom. The van der Waals surface area contributed by atoms with Gasteiger partial charge >= 0.3 is 35.8 Å². The SMILES string of the molecule is CCCCCCCCCC(CCCCCCCCCC(=O)OC)O[C@H]1O[C@@H](COC(C)=O)[C@H](OC(C)=O)[C@@H](OC(C)=O)[C@H]1OC(=O)CC(=O)OC. The van der Waals surface area contributed by atoms with Crippen molar-refractivity contribution in [2.24, 2.45) is 0 Å². The van der Waals surface area contributed by atoms with Crippen LogP contribution in [0.4, 0.5) is 0 Å². The number of carbonyl (C=O) groups is 6. The van der Waals surface area contributed by atoms with E-state index in [0.29, 0.717) is 19.3 Å². The fraction of sp³-hybridized carbons (Fsp3) is 0.838. The van der Waals surface area contributed by atoms with Gasteiger partial charge in [0.25, 0.3) is 0 Å². The molecule has 0 aromatic rings. The number of hydrogen-bond acceptors (Lipinski definition) is 14. The molecule has 51 heavy (non-hydrogen) atoms. The van der Waals surface area contributed by atoms with Gasteiger partial charge in [0.15, 0.2) is 24.6 Å². The summed E-state index contributed by atoms with van der Waals surface area (Å²) < 4.78 is 44.0. The highest BCUT2D eigenvalue weighted by Crippen LogP contribution is 2.32. The summed E-state index contributed by atoms with van der Waals surface area (Å²) in [6, 6.07) is 0. The van der Waals surface area contributed by atoms with Gasteiger partial charge in [-0.1, -0.05) is 90.4 Å². The summed E-state index contributed by atoms with van der Waals surface area (Å²) in [5, 5.41) is 0. The summed E-state index contributed by atoms with van der Waals surface area (Å²) in [4.78, 5) is 72.4. The number of carbonyl (C=O) groups excluding carboxylic acids is 6. The molecule has 6 atom stereocenters. The number of rotatable bonds is 27. The van der Waals surface area contributed by atoms with Crippen LogP contribution in [0.3, 0.4) is 0 Å². The Kier molecular flexibility index (Phi) is 24.6. The Morgan fingerprint density at radius 3 is 1.59 bits per heavy atom. The zero-order valence-electron chi connectivity index (χ0n) is 31.6. The van der Waals surface area contributed by atoms with Crippen LogP contribution >= 0.6 is 0 Å². The highest BCUT2D eigenvalue weighted by Gasteiger charge is 2.53. The van der Waals surface area contributed by atoms with Crippen LogP contribution in [0.5, 0.6) is 0 Å². The van der Waals surface area contributed by atoms with Crippen molar-refractivity contribution < 1.29 is 66.7 Å². The van der Waals surface area contributed by atoms with Crippen molar-refractivity contribution in [1.82, 2.24) is 0 Å². The third kappa shape index (κ3) is 21.0. The molecule has 0 N–H and O–H groups in total. The molecule has 0 aromatic carbocycles. The fourth-order valence-electron chi connectivity index (χ4n) is 5.92. The molecule has 1 aliphatic rings. The first-order valence-corrected chi connectivity index (χ1v) is 18.5. The van der Waals surface area contributed by atoms with E-state index in [9.17, 15) is 28.8 Å². The van der Waals surface area contributed by atoms with E-state index in [2.05, 4.69) is 11.7 Å². The lowest BCUT2D eigenvalue weighted by Gasteiger charge is -2.45. The lowest BCUT2D eigenvalue weighted by atomic mass is 9.97. The Morgan fingerprint density at radius 1 is 0.569 bits per heavy atom. The van der Waals surface area contributed by atoms with Crippen LogP contribution in [0.25, 0.3) is 0 Å². The van der Waals surface area contributed by atoms with Crippen molar-refractivity contribution in [3.05, 3.63) is 0 Å². The number of hydrogen-bond donors (Lipinski definition) is 0. The maximum absolute atomic E-state index is 12.9. The normalized spacial score (nSPS) is 20.5. The van der Waals surface area contributed by atoms with Crippen LogP contribution in [0.1, 0.15) is 143 Å². The summed E-state index contributed by atoms with van der Waals surface area (Å²) in [6.07, 6.45) is 8.41. The molecular weight excluding hydrogens is 668 g/mol. The number of methoxy groups -OCH3 is 2. The van der Waals surface area contributed by atoms with Gasteiger partial charge in [-0.15, -0.1) is 0 Å². The van der Waals surface area contributed by atoms with E-state index in [1.807, 2.05) is 0 Å². The minimum absolute atomic E-state index is 0.191. The summed E-state index contributed by atoms with van der Waals surface area (Å²) in [7, 11) is 2.52. The van der Waals surface area contributed by atoms with E-state index in [0.717, 1.165) is 91.6 Å². The second-order valence-corrected chi connectivity index (χ2v) is 13.0. The quantitative estimate of drug-likeness (QED) is 0.0427. The van der Waals surface area contributed by atoms with E-state index < -0.39 is 67.0 Å². The molecule has 1 fully saturated rings. The van der Waals surface area contributed by atoms with Gasteiger partial charge in [-0.05, 0) is 19.3 Å². The number of unbranched alkanes of at least 4 members (excludes halogenated alkanes) is 12. The molecule has 1 rings (SSSR count). The number of ether oxygens (including phenoxy) is 8. The summed E-state index contributed by atoms with van der Waals surface area (Å²) in [5.74, 6) is -4.15. The monoisotopic (exact) mass is 730 g/mol. The predicted octanol–water partition coefficient (Wildman–Crippen LogP) is 5.82. The third-order valence-corrected chi connectivity index (χ3v) is 8.52. The Hall–Kier alpha value is -3.26. The molecule has 1 saturated heterocycles. The van der Waals surface area contributed by atoms with Crippen molar-refractivity contribution in [3.63, 3.8) is 0 Å². The van der Waals surface area contributed by atoms with Gasteiger partial charge < -0.3 is 37.9 Å². The smallest absolute Gasteiger partial charge is 0.317 e. The van der Waals surface area contributed by atoms with Gasteiger partial charge in [0.2, 0.25) is 0 Å². The highest BCUT2D eigenvalue weighted by atomic mass is 16.7. The van der Waals surface area contributed by atoms with Gasteiger partial charge in [-0.2, -0.15) is 0 Å². The molecule has 1 heterocycles. The summed E-state index contributed by atoms with van der Waals surface area (Å²) >= 11 is 0. The van der Waals surface area contributed by atoms with Crippen LogP contribution in [0, 0.1) is 0 Å². The van der Waals surface area contributed by atoms with Gasteiger partial charge in [-0.3, -0.25) is 28.8 Å². The van der Waals surface area contributed by atoms with E-state index >= 15 is 0 Å². The predicted molar refractivity (Wildman–Crippen MR) is 184 cm³/mol. The molecule has 1 aliphatic heterocycles. The molecule has 0 radical (unpaired) electrons. The topological polar surface area (TPSA) is 176 Å². The van der Waals surface area contributed by atoms with Gasteiger partial charge in [0.1, 0.15) is 19.1 Å². The maximum Gasteiger partial charge on any atom is 0.317 e. The minimum Gasteiger partial charge on any atom is -0.469 e. The minimum atomic E-state index is -1.44. The standard InChI is InChI=1S/C37H62O14/c1-7-8-9-10-12-15-18-21-29(22-19-16-13-11-14-17-20-23-31(41)44-5)49-37-36(51-33(43)24-32(42)45-6)35(48-28(4)40)34(47-27(3)39)30(50-37)25-46-26(2)38/h29-30,34-37H,7-25H2,1-6H3/t29?,30-,34-,35+,36+,37-/m0/s1. The van der Waals surface area contributed by atoms with Crippen molar-refractivity contribution in [2.45, 2.75) is 180 Å². The average Bonchev–Trinajstić information content (AvgIpc) is 3.07. The lowest BCUT2D eigenvalue weighted by Crippen LogP contribution is -2.63. The zero-order valence-corrected chi connectivity index (χ0v) is 31.6. The van der Waals surface area contributed by atoms with Crippen LogP contribution in [0.2, 0.25) is 0 Å². The van der Waals surface area contributed by atoms with Crippen molar-refractivity contribution >= 4 is 35.8 Å². The second kappa shape index (κ2) is 27.4. The molecule has 14 nitrogen and oxygen atoms in total. The molecule has 0 saturated carbocycles. The van der Waals surface area contributed by atoms with Crippen LogP contribution in [-0.2, 0) is 66.7 Å². The Labute approximate surface area is 303 Å². The van der Waals surface area contributed by atoms with Crippen molar-refractivity contribution in [3.8, 4) is 0 Å². The second-order valence-electron chi connectivity index (χ2n) is 13.0. The first-order chi connectivity index (χ1) is 24.4. The molecule has 1 unspecified atom stereocenters. The van der Waals surface area contributed by atoms with Gasteiger partial charge in [-0.25, -0.2) is 0 Å². The van der Waals surface area contributed by atoms with Crippen LogP contribution in [-0.4, -0.2) is 93.5 Å². The fourth-order valence-corrected chi connectivity index (χ4v) is 5.92. The van der Waals surface area contributed by atoms with Crippen LogP contribution in [0.15, 0.2) is 0 Å². The van der Waals surface area contributed by atoms with Gasteiger partial charge in [0.05, 0.1) is 20.3 Å². The Bertz CT molecular complexity index is 1050. The lowest BCUT2D eigenvalue weighted by molar-refractivity contribution is -0.318. The average molecular weight is 731 g/mol. The maximum atomic E-state index is 12.9. The molecule has 0 bridgehead atoms. The first kappa shape index (κ1) is 45.8. The van der Waals surface area contributed by atoms with E-state index in [1.54, 1.807) is 0 Å². The molecule has 0 aromatic heterocycles. The number of esters is 6. The van der Waals surface area contributed by atoms with Crippen molar-refractivity contribution in [2.75, 3.05) is 20.8 Å². The van der Waals surface area contributed by atoms with Gasteiger partial charge in [0, 0.05) is 27.2 Å². The van der Waals surface area contributed by atoms with E-state index in [4.69, 9.17) is 33.2 Å². The van der Waals surface area contributed by atoms with Crippen molar-refractivity contribution in [1.29, 1.82) is 0 Å². The molecule has 0 spiro atoms. The summed E-state index contributed by atoms with van der Waals surface area (Å²) in [6.45, 7) is 5.31. The molecule has 294 valence electrons. The summed E-state index contributed by atoms with van der Waals surface area (Å²) in [5.41, 5.74) is 0. The Balaban J connectivity index is 3.21. The van der Waals surface area contributed by atoms with E-state index in [1.165, 1.54) is 33.3 Å². The molecule has 0 amide bonds.